The number of phenols is 4. The Balaban J connectivity index is 1.46. The van der Waals surface area contributed by atoms with E-state index in [1.54, 1.807) is 0 Å². The molecule has 9 atom stereocenters. The predicted molar refractivity (Wildman–Crippen MR) is 134 cm³/mol. The molecule has 41 heavy (non-hydrogen) atoms. The average molecular weight is 580 g/mol. The van der Waals surface area contributed by atoms with E-state index in [0.29, 0.717) is 0 Å². The van der Waals surface area contributed by atoms with Crippen molar-refractivity contribution >= 4 is 11.0 Å². The van der Waals surface area contributed by atoms with Gasteiger partial charge in [-0.05, 0) is 18.2 Å². The Morgan fingerprint density at radius 3 is 2.12 bits per heavy atom. The van der Waals surface area contributed by atoms with Crippen LogP contribution in [-0.4, -0.2) is 113 Å². The number of phenolic OH excluding ortho intramolecular Hbond substituents is 4. The van der Waals surface area contributed by atoms with E-state index in [9.17, 15) is 55.9 Å². The van der Waals surface area contributed by atoms with Gasteiger partial charge in [0.2, 0.25) is 0 Å². The van der Waals surface area contributed by atoms with Gasteiger partial charge in [0.1, 0.15) is 77.1 Å². The quantitative estimate of drug-likeness (QED) is 0.145. The summed E-state index contributed by atoms with van der Waals surface area (Å²) in [5.41, 5.74) is -1.38. The third-order valence-electron chi connectivity index (χ3n) is 7.19. The molecule has 2 aliphatic heterocycles. The Kier molecular flexibility index (Phi) is 7.82. The number of hydrogen-bond acceptors (Lipinski definition) is 15. The molecule has 0 aliphatic carbocycles. The van der Waals surface area contributed by atoms with E-state index in [-0.39, 0.29) is 16.9 Å². The fourth-order valence-electron chi connectivity index (χ4n) is 4.92. The average Bonchev–Trinajstić information content (AvgIpc) is 3.21. The van der Waals surface area contributed by atoms with Gasteiger partial charge in [-0.1, -0.05) is 0 Å². The molecule has 222 valence electrons. The third kappa shape index (κ3) is 5.07. The fraction of sp³-hybridized carbons (Fsp3) is 0.423. The molecule has 2 fully saturated rings. The first-order valence-corrected chi connectivity index (χ1v) is 12.4. The highest BCUT2D eigenvalue weighted by Crippen LogP contribution is 2.45. The molecule has 2 saturated heterocycles. The van der Waals surface area contributed by atoms with E-state index in [4.69, 9.17) is 18.6 Å². The molecule has 0 spiro atoms. The Bertz CT molecular complexity index is 1490. The van der Waals surface area contributed by atoms with Gasteiger partial charge >= 0.3 is 0 Å². The summed E-state index contributed by atoms with van der Waals surface area (Å²) < 4.78 is 21.9. The highest BCUT2D eigenvalue weighted by atomic mass is 16.7. The largest absolute Gasteiger partial charge is 0.507 e. The number of benzene rings is 2. The van der Waals surface area contributed by atoms with Crippen LogP contribution in [0, 0.1) is 0 Å². The maximum Gasteiger partial charge on any atom is 0.197 e. The van der Waals surface area contributed by atoms with Crippen molar-refractivity contribution in [3.8, 4) is 34.3 Å². The van der Waals surface area contributed by atoms with Crippen LogP contribution >= 0.6 is 0 Å². The second-order valence-corrected chi connectivity index (χ2v) is 9.82. The summed E-state index contributed by atoms with van der Waals surface area (Å²) >= 11 is 0. The lowest BCUT2D eigenvalue weighted by molar-refractivity contribution is -0.254. The molecular weight excluding hydrogens is 552 g/mol. The first kappa shape index (κ1) is 29.0. The molecule has 3 aromatic rings. The van der Waals surface area contributed by atoms with Crippen LogP contribution in [0.15, 0.2) is 39.5 Å². The molecule has 0 bridgehead atoms. The fourth-order valence-corrected chi connectivity index (χ4v) is 4.92. The number of aliphatic hydroxyl groups is 6. The van der Waals surface area contributed by atoms with E-state index in [0.717, 1.165) is 18.2 Å². The van der Waals surface area contributed by atoms with Gasteiger partial charge in [0, 0.05) is 17.7 Å². The first-order valence-electron chi connectivity index (χ1n) is 12.4. The van der Waals surface area contributed by atoms with Crippen LogP contribution in [0.4, 0.5) is 0 Å². The van der Waals surface area contributed by atoms with Crippen molar-refractivity contribution in [2.24, 2.45) is 0 Å². The molecule has 15 heteroatoms. The second kappa shape index (κ2) is 11.1. The van der Waals surface area contributed by atoms with Gasteiger partial charge < -0.3 is 69.7 Å². The molecule has 9 unspecified atom stereocenters. The molecule has 1 aromatic heterocycles. The first-order chi connectivity index (χ1) is 19.4. The van der Waals surface area contributed by atoms with Gasteiger partial charge in [0.15, 0.2) is 23.2 Å². The Labute approximate surface area is 229 Å². The summed E-state index contributed by atoms with van der Waals surface area (Å²) in [4.78, 5) is 13.0. The van der Waals surface area contributed by atoms with Crippen molar-refractivity contribution < 1.29 is 69.7 Å². The van der Waals surface area contributed by atoms with Crippen molar-refractivity contribution in [3.63, 3.8) is 0 Å². The van der Waals surface area contributed by atoms with Crippen molar-refractivity contribution in [3.05, 3.63) is 46.1 Å². The predicted octanol–water partition coefficient (Wildman–Crippen LogP) is -1.74. The normalized spacial score (nSPS) is 32.0. The maximum absolute atomic E-state index is 13.0. The van der Waals surface area contributed by atoms with Crippen LogP contribution in [0.25, 0.3) is 22.3 Å². The summed E-state index contributed by atoms with van der Waals surface area (Å²) in [5, 5.41) is 101. The summed E-state index contributed by atoms with van der Waals surface area (Å²) in [5.74, 6) is -2.51. The lowest BCUT2D eigenvalue weighted by Gasteiger charge is -2.41. The van der Waals surface area contributed by atoms with Gasteiger partial charge in [0.25, 0.3) is 0 Å². The minimum atomic E-state index is -1.91. The number of aromatic hydroxyl groups is 4. The van der Waals surface area contributed by atoms with E-state index in [2.05, 4.69) is 0 Å². The monoisotopic (exact) mass is 580 g/mol. The van der Waals surface area contributed by atoms with E-state index in [1.165, 1.54) is 12.1 Å². The molecule has 0 saturated carbocycles. The molecule has 15 nitrogen and oxygen atoms in total. The Morgan fingerprint density at radius 1 is 0.756 bits per heavy atom. The molecule has 0 amide bonds. The zero-order chi connectivity index (χ0) is 29.7. The molecule has 10 N–H and O–H groups in total. The minimum Gasteiger partial charge on any atom is -0.507 e. The minimum absolute atomic E-state index is 0.0704. The molecule has 5 rings (SSSR count). The number of rotatable bonds is 6. The third-order valence-corrected chi connectivity index (χ3v) is 7.19. The van der Waals surface area contributed by atoms with Crippen molar-refractivity contribution in [1.82, 2.24) is 0 Å². The highest BCUT2D eigenvalue weighted by Gasteiger charge is 2.48. The van der Waals surface area contributed by atoms with Crippen LogP contribution in [0.5, 0.6) is 23.0 Å². The van der Waals surface area contributed by atoms with Crippen LogP contribution in [-0.2, 0) is 14.2 Å². The molecule has 0 radical (unpaired) electrons. The smallest absolute Gasteiger partial charge is 0.197 e. The maximum atomic E-state index is 13.0. The highest BCUT2D eigenvalue weighted by molar-refractivity contribution is 5.88. The molecule has 2 aliphatic rings. The van der Waals surface area contributed by atoms with Gasteiger partial charge in [0.05, 0.1) is 18.8 Å². The van der Waals surface area contributed by atoms with E-state index >= 15 is 0 Å². The lowest BCUT2D eigenvalue weighted by atomic mass is 9.89. The van der Waals surface area contributed by atoms with Crippen LogP contribution in [0.2, 0.25) is 0 Å². The number of hydrogen-bond donors (Lipinski definition) is 10. The number of aliphatic hydroxyl groups excluding tert-OH is 6. The van der Waals surface area contributed by atoms with Gasteiger partial charge in [-0.2, -0.15) is 0 Å². The lowest BCUT2D eigenvalue weighted by Crippen LogP contribution is -2.56. The Hall–Kier alpha value is -3.51. The standard InChI is InChI=1S/C26H28O15/c27-6-15-19(32)24(37)26(41-15)38-7-16-20(33)22(35)23(36)25(40-16)18-12(31)5-14-17(21(18)34)11(30)4-13(39-14)8-1-2-9(28)10(29)3-8/h1-5,15-16,19-20,22-29,31-37H,6-7H2. The summed E-state index contributed by atoms with van der Waals surface area (Å²) in [6.07, 6.45) is -14.3. The number of ether oxygens (including phenoxy) is 3. The van der Waals surface area contributed by atoms with Crippen LogP contribution < -0.4 is 5.43 Å². The topological polar surface area (TPSA) is 260 Å². The zero-order valence-corrected chi connectivity index (χ0v) is 21.0. The van der Waals surface area contributed by atoms with Crippen molar-refractivity contribution in [2.75, 3.05) is 13.2 Å². The molecule has 2 aromatic carbocycles. The van der Waals surface area contributed by atoms with Gasteiger partial charge in [-0.3, -0.25) is 4.79 Å². The van der Waals surface area contributed by atoms with E-state index in [1.807, 2.05) is 0 Å². The number of fused-ring (bicyclic) bond motifs is 1. The van der Waals surface area contributed by atoms with Gasteiger partial charge in [-0.25, -0.2) is 0 Å². The van der Waals surface area contributed by atoms with Gasteiger partial charge in [-0.15, -0.1) is 0 Å². The zero-order valence-electron chi connectivity index (χ0n) is 21.0. The van der Waals surface area contributed by atoms with Crippen molar-refractivity contribution in [1.29, 1.82) is 0 Å². The summed E-state index contributed by atoms with van der Waals surface area (Å²) in [6, 6.07) is 5.61. The second-order valence-electron chi connectivity index (χ2n) is 9.82. The molecular formula is C26H28O15. The van der Waals surface area contributed by atoms with E-state index < -0.39 is 108 Å². The summed E-state index contributed by atoms with van der Waals surface area (Å²) in [7, 11) is 0. The van der Waals surface area contributed by atoms with Crippen LogP contribution in [0.1, 0.15) is 11.7 Å². The molecule has 3 heterocycles. The summed E-state index contributed by atoms with van der Waals surface area (Å²) in [6.45, 7) is -1.19. The van der Waals surface area contributed by atoms with Crippen LogP contribution in [0.3, 0.4) is 0 Å². The van der Waals surface area contributed by atoms with Crippen molar-refractivity contribution in [2.45, 2.75) is 55.1 Å². The SMILES string of the molecule is O=c1cc(-c2ccc(O)c(O)c2)oc2cc(O)c(C3OC(COC4OC(CO)C(O)C4O)C(O)C(O)C3O)c(O)c12. The Morgan fingerprint density at radius 2 is 1.46 bits per heavy atom.